The molecule has 1 aromatic heterocycles. The van der Waals surface area contributed by atoms with Gasteiger partial charge < -0.3 is 9.72 Å². The van der Waals surface area contributed by atoms with E-state index in [9.17, 15) is 10.1 Å². The number of nitro benzene ring substituents is 1. The number of aryl methyl sites for hydroxylation is 2. The minimum absolute atomic E-state index is 0.0174. The molecule has 1 N–H and O–H groups in total. The van der Waals surface area contributed by atoms with Crippen LogP contribution in [-0.2, 0) is 0 Å². The number of nitro groups is 1. The highest BCUT2D eigenvalue weighted by molar-refractivity contribution is 5.92. The molecule has 2 aromatic rings. The number of nitrogens with one attached hydrogen (secondary N) is 1. The zero-order chi connectivity index (χ0) is 11.9. The summed E-state index contributed by atoms with van der Waals surface area (Å²) >= 11 is 0. The van der Waals surface area contributed by atoms with Crippen molar-refractivity contribution in [3.63, 3.8) is 0 Å². The Hall–Kier alpha value is -2.04. The summed E-state index contributed by atoms with van der Waals surface area (Å²) in [6.07, 6.45) is 0. The number of aromatic nitrogens is 1. The van der Waals surface area contributed by atoms with Gasteiger partial charge in [0.1, 0.15) is 0 Å². The van der Waals surface area contributed by atoms with E-state index in [1.54, 1.807) is 6.07 Å². The maximum absolute atomic E-state index is 10.8. The molecule has 0 fully saturated rings. The van der Waals surface area contributed by atoms with Crippen LogP contribution in [0.2, 0.25) is 0 Å². The molecular weight excluding hydrogens is 208 g/mol. The average Bonchev–Trinajstić information content (AvgIpc) is 2.54. The second-order valence-electron chi connectivity index (χ2n) is 3.67. The molecule has 0 bridgehead atoms. The standard InChI is InChI=1S/C11H12N2O3/c1-6-7(2)12-10-8(6)4-5-9(13(14)15)11(10)16-3/h4-5,12H,1-3H3. The highest BCUT2D eigenvalue weighted by Crippen LogP contribution is 2.36. The van der Waals surface area contributed by atoms with E-state index in [2.05, 4.69) is 4.98 Å². The van der Waals surface area contributed by atoms with Crippen molar-refractivity contribution in [1.82, 2.24) is 4.98 Å². The molecule has 84 valence electrons. The Bertz CT molecular complexity index is 572. The van der Waals surface area contributed by atoms with Gasteiger partial charge in [-0.2, -0.15) is 0 Å². The van der Waals surface area contributed by atoms with E-state index < -0.39 is 4.92 Å². The Labute approximate surface area is 92.2 Å². The number of hydrogen-bond acceptors (Lipinski definition) is 3. The molecule has 1 heterocycles. The highest BCUT2D eigenvalue weighted by Gasteiger charge is 2.20. The van der Waals surface area contributed by atoms with E-state index in [1.807, 2.05) is 13.8 Å². The molecule has 5 nitrogen and oxygen atoms in total. The van der Waals surface area contributed by atoms with Gasteiger partial charge in [-0.15, -0.1) is 0 Å². The predicted octanol–water partition coefficient (Wildman–Crippen LogP) is 2.70. The first kappa shape index (κ1) is 10.5. The van der Waals surface area contributed by atoms with Crippen molar-refractivity contribution < 1.29 is 9.66 Å². The first-order chi connectivity index (χ1) is 7.56. The number of nitrogens with zero attached hydrogens (tertiary/aromatic N) is 1. The summed E-state index contributed by atoms with van der Waals surface area (Å²) < 4.78 is 5.12. The molecule has 2 rings (SSSR count). The third kappa shape index (κ3) is 1.32. The van der Waals surface area contributed by atoms with Crippen molar-refractivity contribution in [2.24, 2.45) is 0 Å². The van der Waals surface area contributed by atoms with Crippen LogP contribution in [0.1, 0.15) is 11.3 Å². The van der Waals surface area contributed by atoms with Gasteiger partial charge in [0, 0.05) is 17.1 Å². The molecule has 0 spiro atoms. The van der Waals surface area contributed by atoms with E-state index in [-0.39, 0.29) is 5.69 Å². The summed E-state index contributed by atoms with van der Waals surface area (Å²) in [6.45, 7) is 3.90. The van der Waals surface area contributed by atoms with Crippen LogP contribution in [0.4, 0.5) is 5.69 Å². The Morgan fingerprint density at radius 2 is 2.06 bits per heavy atom. The Morgan fingerprint density at radius 1 is 1.38 bits per heavy atom. The number of ether oxygens (including phenoxy) is 1. The quantitative estimate of drug-likeness (QED) is 0.625. The van der Waals surface area contributed by atoms with E-state index >= 15 is 0 Å². The molecule has 0 unspecified atom stereocenters. The Balaban J connectivity index is 2.86. The molecule has 0 amide bonds. The fraction of sp³-hybridized carbons (Fsp3) is 0.273. The summed E-state index contributed by atoms with van der Waals surface area (Å²) in [5.41, 5.74) is 2.75. The number of rotatable bonds is 2. The highest BCUT2D eigenvalue weighted by atomic mass is 16.6. The van der Waals surface area contributed by atoms with Crippen LogP contribution in [0.25, 0.3) is 10.9 Å². The van der Waals surface area contributed by atoms with E-state index in [1.165, 1.54) is 13.2 Å². The van der Waals surface area contributed by atoms with Crippen LogP contribution in [0.5, 0.6) is 5.75 Å². The topological polar surface area (TPSA) is 68.2 Å². The third-order valence-electron chi connectivity index (χ3n) is 2.82. The van der Waals surface area contributed by atoms with Crippen molar-refractivity contribution in [3.05, 3.63) is 33.5 Å². The number of aromatic amines is 1. The Morgan fingerprint density at radius 3 is 2.62 bits per heavy atom. The van der Waals surface area contributed by atoms with Crippen LogP contribution in [0, 0.1) is 24.0 Å². The maximum Gasteiger partial charge on any atom is 0.313 e. The number of methoxy groups -OCH3 is 1. The minimum atomic E-state index is -0.441. The van der Waals surface area contributed by atoms with Crippen molar-refractivity contribution >= 4 is 16.6 Å². The lowest BCUT2D eigenvalue weighted by Crippen LogP contribution is -1.94. The number of fused-ring (bicyclic) bond motifs is 1. The molecule has 0 aliphatic carbocycles. The second kappa shape index (κ2) is 3.52. The van der Waals surface area contributed by atoms with E-state index in [4.69, 9.17) is 4.74 Å². The second-order valence-corrected chi connectivity index (χ2v) is 3.67. The van der Waals surface area contributed by atoms with Crippen LogP contribution in [0.15, 0.2) is 12.1 Å². The summed E-state index contributed by atoms with van der Waals surface area (Å²) in [5.74, 6) is 0.290. The van der Waals surface area contributed by atoms with E-state index in [0.29, 0.717) is 11.3 Å². The summed E-state index contributed by atoms with van der Waals surface area (Å²) in [6, 6.07) is 3.22. The molecule has 0 saturated carbocycles. The number of hydrogen-bond donors (Lipinski definition) is 1. The van der Waals surface area contributed by atoms with Gasteiger partial charge in [0.25, 0.3) is 0 Å². The lowest BCUT2D eigenvalue weighted by atomic mass is 10.1. The van der Waals surface area contributed by atoms with Crippen molar-refractivity contribution in [2.75, 3.05) is 7.11 Å². The predicted molar refractivity (Wildman–Crippen MR) is 61.0 cm³/mol. The van der Waals surface area contributed by atoms with Gasteiger partial charge in [-0.25, -0.2) is 0 Å². The van der Waals surface area contributed by atoms with Gasteiger partial charge >= 0.3 is 5.69 Å². The zero-order valence-electron chi connectivity index (χ0n) is 9.33. The van der Waals surface area contributed by atoms with Crippen molar-refractivity contribution in [2.45, 2.75) is 13.8 Å². The van der Waals surface area contributed by atoms with Crippen molar-refractivity contribution in [1.29, 1.82) is 0 Å². The smallest absolute Gasteiger partial charge is 0.313 e. The third-order valence-corrected chi connectivity index (χ3v) is 2.82. The van der Waals surface area contributed by atoms with Gasteiger partial charge in [-0.1, -0.05) is 0 Å². The van der Waals surface area contributed by atoms with Crippen molar-refractivity contribution in [3.8, 4) is 5.75 Å². The summed E-state index contributed by atoms with van der Waals surface area (Å²) in [5, 5.41) is 11.8. The van der Waals surface area contributed by atoms with Crippen LogP contribution < -0.4 is 4.74 Å². The SMILES string of the molecule is COc1c([N+](=O)[O-])ccc2c(C)c(C)[nH]c12. The molecule has 16 heavy (non-hydrogen) atoms. The van der Waals surface area contributed by atoms with Crippen LogP contribution >= 0.6 is 0 Å². The molecule has 5 heteroatoms. The minimum Gasteiger partial charge on any atom is -0.489 e. The first-order valence-corrected chi connectivity index (χ1v) is 4.86. The van der Waals surface area contributed by atoms with E-state index in [0.717, 1.165) is 16.6 Å². The first-order valence-electron chi connectivity index (χ1n) is 4.86. The Kier molecular flexibility index (Phi) is 2.30. The van der Waals surface area contributed by atoms with Gasteiger partial charge in [-0.05, 0) is 25.5 Å². The summed E-state index contributed by atoms with van der Waals surface area (Å²) in [7, 11) is 1.44. The number of benzene rings is 1. The van der Waals surface area contributed by atoms with Gasteiger partial charge in [0.2, 0.25) is 5.75 Å². The van der Waals surface area contributed by atoms with Crippen LogP contribution in [0.3, 0.4) is 0 Å². The normalized spacial score (nSPS) is 10.7. The lowest BCUT2D eigenvalue weighted by molar-refractivity contribution is -0.385. The fourth-order valence-electron chi connectivity index (χ4n) is 1.84. The summed E-state index contributed by atoms with van der Waals surface area (Å²) in [4.78, 5) is 13.5. The molecule has 0 aliphatic rings. The fourth-order valence-corrected chi connectivity index (χ4v) is 1.84. The van der Waals surface area contributed by atoms with Crippen LogP contribution in [-0.4, -0.2) is 17.0 Å². The molecule has 0 atom stereocenters. The molecule has 0 radical (unpaired) electrons. The largest absolute Gasteiger partial charge is 0.489 e. The van der Waals surface area contributed by atoms with Gasteiger partial charge in [-0.3, -0.25) is 10.1 Å². The molecular formula is C11H12N2O3. The van der Waals surface area contributed by atoms with Gasteiger partial charge in [0.05, 0.1) is 17.5 Å². The number of H-pyrrole nitrogens is 1. The zero-order valence-corrected chi connectivity index (χ0v) is 9.33. The molecule has 0 saturated heterocycles. The van der Waals surface area contributed by atoms with Gasteiger partial charge in [0.15, 0.2) is 0 Å². The monoisotopic (exact) mass is 220 g/mol. The molecule has 0 aliphatic heterocycles. The molecule has 1 aromatic carbocycles. The maximum atomic E-state index is 10.8. The average molecular weight is 220 g/mol. The lowest BCUT2D eigenvalue weighted by Gasteiger charge is -2.02.